The van der Waals surface area contributed by atoms with Crippen LogP contribution in [0.3, 0.4) is 0 Å². The molecule has 3 fully saturated rings. The summed E-state index contributed by atoms with van der Waals surface area (Å²) >= 11 is 8.35. The SMILES string of the molecule is C1CCOC1.CCOC(=O)N(Cc1cccc(COCCCCOC2CCCCO2)n1)c1nc(SC)nc(Cl)c1[N+](=O)[O-].CCOC(=O)N(Cc1cccc(COCCCCOC2CCCCO2)n1)c1nc(SC)nc(N)c1[N+](=O)[O-].[U].[U].[U].[U].[V].[V].[V].[V]. The summed E-state index contributed by atoms with van der Waals surface area (Å²) in [5.74, 6) is -0.859. The van der Waals surface area contributed by atoms with Gasteiger partial charge in [0.05, 0.1) is 72.1 Å². The first-order valence-electron chi connectivity index (χ1n) is 26.9. The van der Waals surface area contributed by atoms with E-state index in [4.69, 9.17) is 60.0 Å². The zero-order valence-corrected chi connectivity index (χ0v) is 74.8. The molecule has 482 valence electrons. The standard InChI is InChI=1S/C24H32ClN5O7S.C24H34N6O7S.C4H8O.4U.4V/c2*1-3-35-24(31)29(22-20(30(32)33)21(25)27-23(28-22)38-2)15-17-9-8-10-18(26-17)16-34-12-6-7-14-37-19-11-4-5-13-36-19;1-2-4-5-3-1;;;;;;;;/h8-10,19H,3-7,11-16H2,1-2H3;8-10,19H,3-7,11-16H2,1-2H3,(H2,25,27,28);1-4H2;;;;;;;;. The summed E-state index contributed by atoms with van der Waals surface area (Å²) < 4.78 is 49.3. The van der Waals surface area contributed by atoms with Crippen molar-refractivity contribution in [3.05, 3.63) is 84.6 Å². The normalized spacial score (nSPS) is 14.4. The van der Waals surface area contributed by atoms with Gasteiger partial charge in [-0.3, -0.25) is 30.2 Å². The third kappa shape index (κ3) is 36.3. The maximum absolute atomic E-state index is 12.8. The first-order chi connectivity index (χ1) is 39.3. The van der Waals surface area contributed by atoms with Gasteiger partial charge in [-0.15, -0.1) is 0 Å². The van der Waals surface area contributed by atoms with Gasteiger partial charge in [-0.2, -0.15) is 15.0 Å². The number of carbonyl (C=O) groups is 2. The Morgan fingerprint density at radius 3 is 1.36 bits per heavy atom. The van der Waals surface area contributed by atoms with Crippen LogP contribution in [0.2, 0.25) is 5.15 Å². The number of anilines is 3. The van der Waals surface area contributed by atoms with Gasteiger partial charge in [0, 0.05) is 252 Å². The fourth-order valence-electron chi connectivity index (χ4n) is 7.89. The van der Waals surface area contributed by atoms with Crippen LogP contribution in [0, 0.1) is 145 Å². The molecule has 4 aromatic rings. The second-order valence-electron chi connectivity index (χ2n) is 17.9. The average Bonchev–Trinajstić information content (AvgIpc) is 4.18. The van der Waals surface area contributed by atoms with E-state index in [0.29, 0.717) is 49.2 Å². The summed E-state index contributed by atoms with van der Waals surface area (Å²) in [4.78, 5) is 75.1. The molecule has 4 aromatic heterocycles. The molecule has 3 aliphatic heterocycles. The monoisotopic (exact) mass is 2350 g/mol. The Morgan fingerprint density at radius 2 is 0.989 bits per heavy atom. The van der Waals surface area contributed by atoms with Crippen LogP contribution in [0.15, 0.2) is 46.7 Å². The Labute approximate surface area is 676 Å². The number of rotatable bonds is 28. The summed E-state index contributed by atoms with van der Waals surface area (Å²) in [6.07, 6.45) is 13.9. The zero-order valence-electron chi connectivity index (χ0n) is 50.2. The summed E-state index contributed by atoms with van der Waals surface area (Å²) in [6, 6.07) is 10.6. The van der Waals surface area contributed by atoms with Gasteiger partial charge < -0.3 is 48.4 Å². The second-order valence-corrected chi connectivity index (χ2v) is 19.8. The maximum Gasteiger partial charge on any atom is 0.416 e. The molecular formula is C52H74ClN11O15S2U4V4. The second kappa shape index (κ2) is 56.8. The van der Waals surface area contributed by atoms with Crippen LogP contribution < -0.4 is 15.5 Å². The topological polar surface area (TPSA) is 313 Å². The summed E-state index contributed by atoms with van der Waals surface area (Å²) in [7, 11) is 0. The molecule has 7 heterocycles. The van der Waals surface area contributed by atoms with Gasteiger partial charge >= 0.3 is 23.6 Å². The van der Waals surface area contributed by atoms with Gasteiger partial charge in [0.15, 0.2) is 22.9 Å². The molecular weight excluding hydrogens is 2270 g/mol. The van der Waals surface area contributed by atoms with Crippen LogP contribution >= 0.6 is 35.1 Å². The minimum atomic E-state index is -0.818. The Kier molecular flexibility index (Phi) is 61.5. The van der Waals surface area contributed by atoms with Gasteiger partial charge in [0.2, 0.25) is 22.6 Å². The zero-order chi connectivity index (χ0) is 58.2. The summed E-state index contributed by atoms with van der Waals surface area (Å²) in [5.41, 5.74) is 6.91. The third-order valence-corrected chi connectivity index (χ3v) is 13.2. The summed E-state index contributed by atoms with van der Waals surface area (Å²) in [6.45, 7) is 9.57. The van der Waals surface area contributed by atoms with Gasteiger partial charge in [0.1, 0.15) is 0 Å². The van der Waals surface area contributed by atoms with E-state index in [-0.39, 0.29) is 284 Å². The van der Waals surface area contributed by atoms with Crippen LogP contribution in [0.4, 0.5) is 38.4 Å². The Morgan fingerprint density at radius 1 is 0.596 bits per heavy atom. The van der Waals surface area contributed by atoms with Crippen LogP contribution in [-0.4, -0.2) is 143 Å². The van der Waals surface area contributed by atoms with E-state index in [9.17, 15) is 29.8 Å². The van der Waals surface area contributed by atoms with E-state index in [1.54, 1.807) is 62.8 Å². The van der Waals surface area contributed by atoms with Gasteiger partial charge in [-0.1, -0.05) is 47.3 Å². The molecule has 0 aromatic carbocycles. The van der Waals surface area contributed by atoms with Gasteiger partial charge in [-0.05, 0) is 128 Å². The van der Waals surface area contributed by atoms with Crippen LogP contribution in [-0.2, 0) is 143 Å². The van der Waals surface area contributed by atoms with Crippen molar-refractivity contribution in [2.75, 3.05) is 94.1 Å². The minimum absolute atomic E-state index is 0. The minimum Gasteiger partial charge on any atom is -0.449 e. The molecule has 2 N–H and O–H groups in total. The van der Waals surface area contributed by atoms with Crippen molar-refractivity contribution in [2.45, 2.75) is 140 Å². The Hall–Kier alpha value is 0.855. The predicted molar refractivity (Wildman–Crippen MR) is 302 cm³/mol. The molecule has 7 rings (SSSR count). The number of aromatic nitrogens is 6. The van der Waals surface area contributed by atoms with Crippen LogP contribution in [0.25, 0.3) is 0 Å². The Balaban J connectivity index is -0.000000692. The van der Waals surface area contributed by atoms with E-state index >= 15 is 0 Å². The van der Waals surface area contributed by atoms with E-state index in [0.717, 1.165) is 124 Å². The van der Waals surface area contributed by atoms with E-state index in [2.05, 4.69) is 29.9 Å². The number of amides is 2. The maximum atomic E-state index is 12.8. The number of halogens is 1. The number of carbonyl (C=O) groups excluding carboxylic acids is 2. The number of nitrogens with two attached hydrogens (primary N) is 1. The molecule has 2 amide bonds. The smallest absolute Gasteiger partial charge is 0.416 e. The van der Waals surface area contributed by atoms with Crippen molar-refractivity contribution in [1.82, 2.24) is 29.9 Å². The number of pyridine rings is 2. The molecule has 3 aliphatic rings. The van der Waals surface area contributed by atoms with Crippen molar-refractivity contribution >= 4 is 76.1 Å². The van der Waals surface area contributed by atoms with Crippen molar-refractivity contribution < 1.29 is 261 Å². The molecule has 0 bridgehead atoms. The molecule has 37 heteroatoms. The number of nitro groups is 2. The van der Waals surface area contributed by atoms with Crippen molar-refractivity contribution in [1.29, 1.82) is 0 Å². The molecule has 89 heavy (non-hydrogen) atoms. The fourth-order valence-corrected chi connectivity index (χ4v) is 8.90. The third-order valence-electron chi connectivity index (χ3n) is 11.8. The van der Waals surface area contributed by atoms with Crippen molar-refractivity contribution in [3.8, 4) is 0 Å². The van der Waals surface area contributed by atoms with Gasteiger partial charge in [-0.25, -0.2) is 24.4 Å². The number of nitrogen functional groups attached to an aromatic ring is 1. The average molecular weight is 2350 g/mol. The molecule has 0 aliphatic carbocycles. The van der Waals surface area contributed by atoms with Gasteiger partial charge in [0.25, 0.3) is 0 Å². The number of unbranched alkanes of at least 4 members (excludes halogenated alkanes) is 2. The predicted octanol–water partition coefficient (Wildman–Crippen LogP) is 10.0. The first kappa shape index (κ1) is 96.2. The number of hydrogen-bond acceptors (Lipinski definition) is 24. The first-order valence-corrected chi connectivity index (χ1v) is 29.8. The molecule has 3 saturated heterocycles. The quantitative estimate of drug-likeness (QED) is 0.0138. The number of thioether (sulfide) groups is 2. The molecule has 26 nitrogen and oxygen atoms in total. The van der Waals surface area contributed by atoms with Crippen LogP contribution in [0.5, 0.6) is 0 Å². The van der Waals surface area contributed by atoms with Crippen molar-refractivity contribution in [3.63, 3.8) is 0 Å². The Bertz CT molecular complexity index is 2440. The number of ether oxygens (including phenoxy) is 9. The van der Waals surface area contributed by atoms with Crippen LogP contribution in [0.1, 0.15) is 114 Å². The van der Waals surface area contributed by atoms with Crippen molar-refractivity contribution in [2.24, 2.45) is 0 Å². The molecule has 0 spiro atoms. The van der Waals surface area contributed by atoms with E-state index < -0.39 is 33.4 Å². The molecule has 4 radical (unpaired) electrons. The largest absolute Gasteiger partial charge is 0.449 e. The van der Waals surface area contributed by atoms with E-state index in [1.807, 2.05) is 0 Å². The number of nitrogens with zero attached hydrogens (tertiary/aromatic N) is 10. The molecule has 2 atom stereocenters. The molecule has 2 unspecified atom stereocenters. The summed E-state index contributed by atoms with van der Waals surface area (Å²) in [5, 5.41) is 23.5. The molecule has 0 saturated carbocycles. The van der Waals surface area contributed by atoms with E-state index in [1.165, 1.54) is 12.8 Å². The fraction of sp³-hybridized carbons (Fsp3) is 0.615. The number of hydrogen-bond donors (Lipinski definition) is 1.